The van der Waals surface area contributed by atoms with Gasteiger partial charge in [-0.2, -0.15) is 0 Å². The molecule has 3 heterocycles. The van der Waals surface area contributed by atoms with Crippen molar-refractivity contribution < 1.29 is 0 Å². The highest BCUT2D eigenvalue weighted by molar-refractivity contribution is 14.0. The summed E-state index contributed by atoms with van der Waals surface area (Å²) in [6.45, 7) is 4.45. The Morgan fingerprint density at radius 2 is 2.00 bits per heavy atom. The van der Waals surface area contributed by atoms with Crippen molar-refractivity contribution in [1.82, 2.24) is 34.7 Å². The SMILES string of the molecule is CN=C(NCCCn1c(C)nc2ccccc21)NCc1ccc(-n2ccnc2)nc1.I. The summed E-state index contributed by atoms with van der Waals surface area (Å²) in [6.07, 6.45) is 8.19. The summed E-state index contributed by atoms with van der Waals surface area (Å²) in [6, 6.07) is 12.3. The molecular weight excluding hydrogens is 503 g/mol. The van der Waals surface area contributed by atoms with E-state index in [2.05, 4.69) is 66.3 Å². The Labute approximate surface area is 198 Å². The van der Waals surface area contributed by atoms with E-state index in [4.69, 9.17) is 0 Å². The summed E-state index contributed by atoms with van der Waals surface area (Å²) in [5.41, 5.74) is 3.32. The zero-order chi connectivity index (χ0) is 20.8. The molecule has 0 saturated heterocycles. The number of imidazole rings is 2. The highest BCUT2D eigenvalue weighted by atomic mass is 127. The van der Waals surface area contributed by atoms with Gasteiger partial charge in [-0.25, -0.2) is 15.0 Å². The van der Waals surface area contributed by atoms with Crippen molar-refractivity contribution in [2.24, 2.45) is 4.99 Å². The molecule has 0 saturated carbocycles. The average molecular weight is 530 g/mol. The van der Waals surface area contributed by atoms with Crippen LogP contribution >= 0.6 is 24.0 Å². The molecule has 3 aromatic heterocycles. The van der Waals surface area contributed by atoms with Crippen molar-refractivity contribution in [1.29, 1.82) is 0 Å². The predicted octanol–water partition coefficient (Wildman–Crippen LogP) is 3.30. The molecule has 4 aromatic rings. The minimum Gasteiger partial charge on any atom is -0.356 e. The van der Waals surface area contributed by atoms with E-state index < -0.39 is 0 Å². The Morgan fingerprint density at radius 3 is 2.74 bits per heavy atom. The minimum absolute atomic E-state index is 0. The maximum Gasteiger partial charge on any atom is 0.191 e. The molecule has 31 heavy (non-hydrogen) atoms. The summed E-state index contributed by atoms with van der Waals surface area (Å²) in [5, 5.41) is 6.71. The van der Waals surface area contributed by atoms with E-state index in [0.29, 0.717) is 6.54 Å². The topological polar surface area (TPSA) is 85.0 Å². The fraction of sp³-hybridized carbons (Fsp3) is 0.273. The van der Waals surface area contributed by atoms with Crippen LogP contribution in [0.2, 0.25) is 0 Å². The zero-order valence-corrected chi connectivity index (χ0v) is 20.0. The van der Waals surface area contributed by atoms with Crippen LogP contribution in [0.15, 0.2) is 66.3 Å². The number of halogens is 1. The van der Waals surface area contributed by atoms with Gasteiger partial charge in [0.05, 0.1) is 11.0 Å². The highest BCUT2D eigenvalue weighted by Crippen LogP contribution is 2.15. The molecule has 0 spiro atoms. The van der Waals surface area contributed by atoms with Gasteiger partial charge in [-0.05, 0) is 37.1 Å². The summed E-state index contributed by atoms with van der Waals surface area (Å²) >= 11 is 0. The van der Waals surface area contributed by atoms with Crippen LogP contribution < -0.4 is 10.6 Å². The Balaban J connectivity index is 0.00000272. The zero-order valence-electron chi connectivity index (χ0n) is 17.7. The molecule has 0 aliphatic rings. The minimum atomic E-state index is 0. The molecule has 0 radical (unpaired) electrons. The van der Waals surface area contributed by atoms with Gasteiger partial charge in [0, 0.05) is 45.3 Å². The van der Waals surface area contributed by atoms with Gasteiger partial charge in [0.15, 0.2) is 5.96 Å². The quantitative estimate of drug-likeness (QED) is 0.166. The van der Waals surface area contributed by atoms with Gasteiger partial charge in [-0.15, -0.1) is 24.0 Å². The Hall–Kier alpha value is -2.95. The number of aliphatic imine (C=N–C) groups is 1. The molecule has 0 unspecified atom stereocenters. The monoisotopic (exact) mass is 530 g/mol. The predicted molar refractivity (Wildman–Crippen MR) is 134 cm³/mol. The molecule has 0 atom stereocenters. The number of para-hydroxylation sites is 2. The van der Waals surface area contributed by atoms with E-state index in [-0.39, 0.29) is 24.0 Å². The van der Waals surface area contributed by atoms with Gasteiger partial charge in [0.2, 0.25) is 0 Å². The molecule has 0 bridgehead atoms. The van der Waals surface area contributed by atoms with Crippen molar-refractivity contribution in [3.8, 4) is 5.82 Å². The first kappa shape index (κ1) is 22.7. The fourth-order valence-electron chi connectivity index (χ4n) is 3.40. The van der Waals surface area contributed by atoms with Crippen LogP contribution in [0.4, 0.5) is 0 Å². The van der Waals surface area contributed by atoms with Crippen LogP contribution in [0.25, 0.3) is 16.9 Å². The lowest BCUT2D eigenvalue weighted by Crippen LogP contribution is -2.37. The number of aromatic nitrogens is 5. The molecule has 0 aliphatic carbocycles. The molecule has 2 N–H and O–H groups in total. The average Bonchev–Trinajstić information content (AvgIpc) is 3.42. The van der Waals surface area contributed by atoms with E-state index >= 15 is 0 Å². The van der Waals surface area contributed by atoms with E-state index in [1.165, 1.54) is 5.52 Å². The second-order valence-corrected chi connectivity index (χ2v) is 7.00. The number of fused-ring (bicyclic) bond motifs is 1. The van der Waals surface area contributed by atoms with Crippen molar-refractivity contribution in [2.75, 3.05) is 13.6 Å². The molecule has 1 aromatic carbocycles. The third-order valence-electron chi connectivity index (χ3n) is 4.96. The van der Waals surface area contributed by atoms with Crippen LogP contribution in [0.1, 0.15) is 17.8 Å². The summed E-state index contributed by atoms with van der Waals surface area (Å²) in [5.74, 6) is 2.67. The molecule has 8 nitrogen and oxygen atoms in total. The second-order valence-electron chi connectivity index (χ2n) is 7.00. The van der Waals surface area contributed by atoms with Crippen molar-refractivity contribution in [2.45, 2.75) is 26.4 Å². The molecule has 0 aliphatic heterocycles. The van der Waals surface area contributed by atoms with Crippen LogP contribution in [-0.4, -0.2) is 43.6 Å². The van der Waals surface area contributed by atoms with Gasteiger partial charge in [-0.1, -0.05) is 18.2 Å². The molecule has 0 fully saturated rings. The largest absolute Gasteiger partial charge is 0.356 e. The Kier molecular flexibility index (Phi) is 7.99. The lowest BCUT2D eigenvalue weighted by atomic mass is 10.3. The van der Waals surface area contributed by atoms with Crippen LogP contribution in [0.3, 0.4) is 0 Å². The first-order chi connectivity index (χ1) is 14.7. The first-order valence-corrected chi connectivity index (χ1v) is 10.0. The second kappa shape index (κ2) is 10.9. The number of nitrogens with zero attached hydrogens (tertiary/aromatic N) is 6. The van der Waals surface area contributed by atoms with Crippen LogP contribution in [-0.2, 0) is 13.1 Å². The van der Waals surface area contributed by atoms with E-state index in [9.17, 15) is 0 Å². The summed E-state index contributed by atoms with van der Waals surface area (Å²) in [4.78, 5) is 17.5. The van der Waals surface area contributed by atoms with Gasteiger partial charge in [0.25, 0.3) is 0 Å². The van der Waals surface area contributed by atoms with Gasteiger partial charge < -0.3 is 15.2 Å². The van der Waals surface area contributed by atoms with Gasteiger partial charge in [0.1, 0.15) is 18.0 Å². The fourth-order valence-corrected chi connectivity index (χ4v) is 3.40. The molecular formula is C22H27IN8. The van der Waals surface area contributed by atoms with E-state index in [1.54, 1.807) is 19.6 Å². The number of rotatable bonds is 7. The maximum absolute atomic E-state index is 4.62. The number of pyridine rings is 1. The number of nitrogens with one attached hydrogen (secondary N) is 2. The first-order valence-electron chi connectivity index (χ1n) is 10.0. The molecule has 4 rings (SSSR count). The summed E-state index contributed by atoms with van der Waals surface area (Å²) < 4.78 is 4.14. The van der Waals surface area contributed by atoms with Crippen molar-refractivity contribution >= 4 is 41.0 Å². The van der Waals surface area contributed by atoms with Crippen molar-refractivity contribution in [3.05, 3.63) is 72.7 Å². The lowest BCUT2D eigenvalue weighted by molar-refractivity contribution is 0.624. The molecule has 9 heteroatoms. The third-order valence-corrected chi connectivity index (χ3v) is 4.96. The van der Waals surface area contributed by atoms with Gasteiger partial charge >= 0.3 is 0 Å². The van der Waals surface area contributed by atoms with Crippen LogP contribution in [0.5, 0.6) is 0 Å². The van der Waals surface area contributed by atoms with Crippen LogP contribution in [0, 0.1) is 6.92 Å². The molecule has 0 amide bonds. The Bertz CT molecular complexity index is 1120. The highest BCUT2D eigenvalue weighted by Gasteiger charge is 2.06. The summed E-state index contributed by atoms with van der Waals surface area (Å²) in [7, 11) is 1.78. The number of aryl methyl sites for hydroxylation is 2. The number of guanidine groups is 1. The van der Waals surface area contributed by atoms with Crippen molar-refractivity contribution in [3.63, 3.8) is 0 Å². The lowest BCUT2D eigenvalue weighted by Gasteiger charge is -2.13. The number of hydrogen-bond acceptors (Lipinski definition) is 4. The number of benzene rings is 1. The maximum atomic E-state index is 4.62. The number of hydrogen-bond donors (Lipinski definition) is 2. The Morgan fingerprint density at radius 1 is 1.13 bits per heavy atom. The van der Waals surface area contributed by atoms with E-state index in [0.717, 1.165) is 48.2 Å². The van der Waals surface area contributed by atoms with E-state index in [1.807, 2.05) is 29.1 Å². The molecule has 162 valence electrons. The standard InChI is InChI=1S/C22H26N8.HI/c1-17-28-19-6-3-4-7-20(19)30(17)12-5-10-25-22(23-2)27-15-18-8-9-21(26-14-18)29-13-11-24-16-29;/h3-4,6-9,11,13-14,16H,5,10,12,15H2,1-2H3,(H2,23,25,27);1H. The normalized spacial score (nSPS) is 11.4. The third kappa shape index (κ3) is 5.60. The van der Waals surface area contributed by atoms with Gasteiger partial charge in [-0.3, -0.25) is 9.56 Å². The smallest absolute Gasteiger partial charge is 0.191 e.